The largest absolute Gasteiger partial charge is 0.465 e. The lowest BCUT2D eigenvalue weighted by Gasteiger charge is -2.02. The Labute approximate surface area is 75.8 Å². The van der Waals surface area contributed by atoms with Gasteiger partial charge in [-0.2, -0.15) is 5.26 Å². The molecular formula is C9H8N2O2. The van der Waals surface area contributed by atoms with Gasteiger partial charge in [0, 0.05) is 12.4 Å². The van der Waals surface area contributed by atoms with Crippen LogP contribution in [-0.2, 0) is 4.74 Å². The van der Waals surface area contributed by atoms with Crippen LogP contribution in [0, 0.1) is 18.3 Å². The van der Waals surface area contributed by atoms with Crippen LogP contribution in [0.5, 0.6) is 0 Å². The molecule has 0 bridgehead atoms. The van der Waals surface area contributed by atoms with Gasteiger partial charge in [0.05, 0.1) is 18.2 Å². The number of rotatable bonds is 1. The molecule has 0 N–H and O–H groups in total. The number of methoxy groups -OCH3 is 1. The Balaban J connectivity index is 3.30. The molecule has 0 amide bonds. The number of pyridine rings is 1. The molecule has 0 spiro atoms. The molecule has 1 heterocycles. The third kappa shape index (κ3) is 1.64. The number of hydrogen-bond donors (Lipinski definition) is 0. The fraction of sp³-hybridized carbons (Fsp3) is 0.222. The molecule has 1 rings (SSSR count). The first-order chi connectivity index (χ1) is 6.20. The van der Waals surface area contributed by atoms with Gasteiger partial charge in [0.25, 0.3) is 0 Å². The highest BCUT2D eigenvalue weighted by Crippen LogP contribution is 2.11. The van der Waals surface area contributed by atoms with E-state index in [9.17, 15) is 4.79 Å². The molecular weight excluding hydrogens is 168 g/mol. The highest BCUT2D eigenvalue weighted by atomic mass is 16.5. The molecule has 0 aliphatic carbocycles. The van der Waals surface area contributed by atoms with E-state index in [0.29, 0.717) is 11.1 Å². The van der Waals surface area contributed by atoms with Crippen molar-refractivity contribution in [1.29, 1.82) is 5.26 Å². The summed E-state index contributed by atoms with van der Waals surface area (Å²) in [6.07, 6.45) is 2.86. The van der Waals surface area contributed by atoms with E-state index in [1.165, 1.54) is 19.5 Å². The second-order valence-corrected chi connectivity index (χ2v) is 2.48. The lowest BCUT2D eigenvalue weighted by atomic mass is 10.1. The minimum atomic E-state index is -0.534. The maximum atomic E-state index is 11.1. The van der Waals surface area contributed by atoms with Crippen molar-refractivity contribution in [2.45, 2.75) is 6.92 Å². The maximum Gasteiger partial charge on any atom is 0.340 e. The zero-order valence-electron chi connectivity index (χ0n) is 7.37. The summed E-state index contributed by atoms with van der Waals surface area (Å²) >= 11 is 0. The number of aryl methyl sites for hydroxylation is 1. The molecule has 0 unspecified atom stereocenters. The smallest absolute Gasteiger partial charge is 0.340 e. The van der Waals surface area contributed by atoms with Gasteiger partial charge in [0.15, 0.2) is 0 Å². The van der Waals surface area contributed by atoms with Gasteiger partial charge in [-0.25, -0.2) is 4.79 Å². The predicted molar refractivity (Wildman–Crippen MR) is 45.0 cm³/mol. The van der Waals surface area contributed by atoms with Crippen molar-refractivity contribution >= 4 is 5.97 Å². The summed E-state index contributed by atoms with van der Waals surface area (Å²) in [7, 11) is 1.27. The molecule has 13 heavy (non-hydrogen) atoms. The monoisotopic (exact) mass is 176 g/mol. The fourth-order valence-corrected chi connectivity index (χ4v) is 0.978. The molecule has 0 aliphatic rings. The first-order valence-corrected chi connectivity index (χ1v) is 3.63. The van der Waals surface area contributed by atoms with Gasteiger partial charge in [0.1, 0.15) is 6.07 Å². The molecule has 0 saturated heterocycles. The van der Waals surface area contributed by atoms with E-state index in [2.05, 4.69) is 9.72 Å². The standard InChI is InChI=1S/C9H8N2O2/c1-6-4-11-5-8(7(6)3-10)9(12)13-2/h4-5H,1-2H3. The Kier molecular flexibility index (Phi) is 2.60. The average Bonchev–Trinajstić information content (AvgIpc) is 2.16. The van der Waals surface area contributed by atoms with Gasteiger partial charge < -0.3 is 4.74 Å². The van der Waals surface area contributed by atoms with Crippen molar-refractivity contribution in [3.05, 3.63) is 29.1 Å². The van der Waals surface area contributed by atoms with Gasteiger partial charge >= 0.3 is 5.97 Å². The van der Waals surface area contributed by atoms with Crippen molar-refractivity contribution < 1.29 is 9.53 Å². The summed E-state index contributed by atoms with van der Waals surface area (Å²) in [6.45, 7) is 1.72. The van der Waals surface area contributed by atoms with Gasteiger partial charge in [-0.1, -0.05) is 0 Å². The fourth-order valence-electron chi connectivity index (χ4n) is 0.978. The van der Waals surface area contributed by atoms with Gasteiger partial charge in [0.2, 0.25) is 0 Å². The number of carbonyl (C=O) groups is 1. The van der Waals surface area contributed by atoms with Crippen LogP contribution in [0.2, 0.25) is 0 Å². The summed E-state index contributed by atoms with van der Waals surface area (Å²) in [5.41, 5.74) is 1.21. The Morgan fingerprint density at radius 1 is 1.62 bits per heavy atom. The second kappa shape index (κ2) is 3.68. The molecule has 4 heteroatoms. The van der Waals surface area contributed by atoms with Crippen molar-refractivity contribution in [1.82, 2.24) is 4.98 Å². The number of nitriles is 1. The number of nitrogens with zero attached hydrogens (tertiary/aromatic N) is 2. The van der Waals surface area contributed by atoms with E-state index >= 15 is 0 Å². The minimum absolute atomic E-state index is 0.213. The molecule has 0 aliphatic heterocycles. The lowest BCUT2D eigenvalue weighted by molar-refractivity contribution is 0.0600. The summed E-state index contributed by atoms with van der Waals surface area (Å²) < 4.78 is 4.50. The second-order valence-electron chi connectivity index (χ2n) is 2.48. The topological polar surface area (TPSA) is 63.0 Å². The molecule has 0 fully saturated rings. The highest BCUT2D eigenvalue weighted by Gasteiger charge is 2.13. The van der Waals surface area contributed by atoms with Crippen molar-refractivity contribution in [2.75, 3.05) is 7.11 Å². The van der Waals surface area contributed by atoms with Crippen LogP contribution in [0.15, 0.2) is 12.4 Å². The number of carbonyl (C=O) groups excluding carboxylic acids is 1. The summed E-state index contributed by atoms with van der Waals surface area (Å²) in [6, 6.07) is 1.94. The Bertz CT molecular complexity index is 380. The minimum Gasteiger partial charge on any atom is -0.465 e. The van der Waals surface area contributed by atoms with Crippen molar-refractivity contribution in [2.24, 2.45) is 0 Å². The van der Waals surface area contributed by atoms with Crippen LogP contribution in [0.3, 0.4) is 0 Å². The van der Waals surface area contributed by atoms with Crippen LogP contribution < -0.4 is 0 Å². The molecule has 0 radical (unpaired) electrons. The number of esters is 1. The maximum absolute atomic E-state index is 11.1. The van der Waals surface area contributed by atoms with E-state index in [1.54, 1.807) is 6.92 Å². The van der Waals surface area contributed by atoms with Crippen LogP contribution in [0.25, 0.3) is 0 Å². The van der Waals surface area contributed by atoms with Crippen molar-refractivity contribution in [3.63, 3.8) is 0 Å². The zero-order chi connectivity index (χ0) is 9.84. The first-order valence-electron chi connectivity index (χ1n) is 3.63. The number of ether oxygens (including phenoxy) is 1. The van der Waals surface area contributed by atoms with Gasteiger partial charge in [-0.05, 0) is 12.5 Å². The third-order valence-corrected chi connectivity index (χ3v) is 1.65. The van der Waals surface area contributed by atoms with Crippen molar-refractivity contribution in [3.8, 4) is 6.07 Å². The molecule has 0 atom stereocenters. The lowest BCUT2D eigenvalue weighted by Crippen LogP contribution is -2.06. The highest BCUT2D eigenvalue weighted by molar-refractivity contribution is 5.92. The Morgan fingerprint density at radius 3 is 2.85 bits per heavy atom. The quantitative estimate of drug-likeness (QED) is 0.600. The Morgan fingerprint density at radius 2 is 2.31 bits per heavy atom. The van der Waals surface area contributed by atoms with Gasteiger partial charge in [-0.15, -0.1) is 0 Å². The molecule has 0 aromatic carbocycles. The van der Waals surface area contributed by atoms with E-state index in [0.717, 1.165) is 0 Å². The molecule has 1 aromatic rings. The molecule has 4 nitrogen and oxygen atoms in total. The normalized spacial score (nSPS) is 9.00. The van der Waals surface area contributed by atoms with E-state index in [-0.39, 0.29) is 5.56 Å². The average molecular weight is 176 g/mol. The molecule has 0 saturated carbocycles. The number of aromatic nitrogens is 1. The molecule has 66 valence electrons. The summed E-state index contributed by atoms with van der Waals surface area (Å²) in [5, 5.41) is 8.76. The number of hydrogen-bond acceptors (Lipinski definition) is 4. The predicted octanol–water partition coefficient (Wildman–Crippen LogP) is 1.05. The van der Waals surface area contributed by atoms with E-state index < -0.39 is 5.97 Å². The van der Waals surface area contributed by atoms with Crippen LogP contribution in [0.4, 0.5) is 0 Å². The van der Waals surface area contributed by atoms with Crippen LogP contribution in [-0.4, -0.2) is 18.1 Å². The Hall–Kier alpha value is -1.89. The van der Waals surface area contributed by atoms with E-state index in [1.807, 2.05) is 6.07 Å². The van der Waals surface area contributed by atoms with Crippen LogP contribution in [0.1, 0.15) is 21.5 Å². The summed E-state index contributed by atoms with van der Waals surface area (Å²) in [4.78, 5) is 14.9. The van der Waals surface area contributed by atoms with Crippen LogP contribution >= 0.6 is 0 Å². The summed E-state index contributed by atoms with van der Waals surface area (Å²) in [5.74, 6) is -0.534. The SMILES string of the molecule is COC(=O)c1cncc(C)c1C#N. The molecule has 1 aromatic heterocycles. The van der Waals surface area contributed by atoms with Gasteiger partial charge in [-0.3, -0.25) is 4.98 Å². The first kappa shape index (κ1) is 9.20. The third-order valence-electron chi connectivity index (χ3n) is 1.65. The zero-order valence-corrected chi connectivity index (χ0v) is 7.37. The van der Waals surface area contributed by atoms with E-state index in [4.69, 9.17) is 5.26 Å².